The zero-order chi connectivity index (χ0) is 11.6. The van der Waals surface area contributed by atoms with E-state index in [1.165, 1.54) is 5.56 Å². The van der Waals surface area contributed by atoms with E-state index in [0.29, 0.717) is 0 Å². The normalized spacial score (nSPS) is 10.6. The van der Waals surface area contributed by atoms with Gasteiger partial charge in [-0.25, -0.2) is 0 Å². The molecule has 0 atom stereocenters. The summed E-state index contributed by atoms with van der Waals surface area (Å²) in [7, 11) is 1.79. The average Bonchev–Trinajstić information content (AvgIpc) is 2.34. The highest BCUT2D eigenvalue weighted by atomic mass is 127. The van der Waals surface area contributed by atoms with E-state index < -0.39 is 0 Å². The van der Waals surface area contributed by atoms with Crippen LogP contribution in [0.1, 0.15) is 18.9 Å². The van der Waals surface area contributed by atoms with E-state index in [2.05, 4.69) is 52.9 Å². The zero-order valence-electron chi connectivity index (χ0n) is 10.6. The summed E-state index contributed by atoms with van der Waals surface area (Å²) in [4.78, 5) is 4.12. The van der Waals surface area contributed by atoms with Crippen molar-refractivity contribution in [1.29, 1.82) is 0 Å². The van der Waals surface area contributed by atoms with Crippen molar-refractivity contribution in [3.05, 3.63) is 35.9 Å². The third kappa shape index (κ3) is 7.20. The van der Waals surface area contributed by atoms with E-state index >= 15 is 0 Å². The fraction of sp³-hybridized carbons (Fsp3) is 0.462. The van der Waals surface area contributed by atoms with Crippen LogP contribution in [-0.2, 0) is 6.42 Å². The highest BCUT2D eigenvalue weighted by Gasteiger charge is 1.95. The van der Waals surface area contributed by atoms with Crippen LogP contribution in [-0.4, -0.2) is 26.1 Å². The maximum Gasteiger partial charge on any atom is 0.190 e. The third-order valence-corrected chi connectivity index (χ3v) is 2.35. The van der Waals surface area contributed by atoms with Gasteiger partial charge in [0, 0.05) is 20.1 Å². The van der Waals surface area contributed by atoms with E-state index in [4.69, 9.17) is 0 Å². The van der Waals surface area contributed by atoms with Gasteiger partial charge in [0.25, 0.3) is 0 Å². The number of benzene rings is 1. The second-order valence-electron chi connectivity index (χ2n) is 3.62. The van der Waals surface area contributed by atoms with Crippen LogP contribution >= 0.6 is 24.0 Å². The molecule has 0 saturated carbocycles. The molecule has 0 bridgehead atoms. The monoisotopic (exact) mass is 347 g/mol. The molecule has 17 heavy (non-hydrogen) atoms. The quantitative estimate of drug-likeness (QED) is 0.372. The van der Waals surface area contributed by atoms with Crippen molar-refractivity contribution in [2.24, 2.45) is 4.99 Å². The Bertz CT molecular complexity index is 312. The Balaban J connectivity index is 0.00000256. The summed E-state index contributed by atoms with van der Waals surface area (Å²) < 4.78 is 0. The maximum atomic E-state index is 4.12. The van der Waals surface area contributed by atoms with Crippen LogP contribution in [0.2, 0.25) is 0 Å². The molecule has 0 unspecified atom stereocenters. The number of rotatable bonds is 5. The molecule has 4 heteroatoms. The lowest BCUT2D eigenvalue weighted by atomic mass is 10.1. The van der Waals surface area contributed by atoms with Crippen molar-refractivity contribution in [1.82, 2.24) is 10.6 Å². The Hall–Kier alpha value is -0.780. The summed E-state index contributed by atoms with van der Waals surface area (Å²) in [6.07, 6.45) is 2.23. The maximum absolute atomic E-state index is 4.12. The minimum absolute atomic E-state index is 0. The number of halogens is 1. The molecule has 0 aromatic heterocycles. The van der Waals surface area contributed by atoms with Crippen molar-refractivity contribution in [2.75, 3.05) is 20.1 Å². The third-order valence-electron chi connectivity index (χ3n) is 2.35. The second kappa shape index (κ2) is 10.4. The van der Waals surface area contributed by atoms with Crippen molar-refractivity contribution < 1.29 is 0 Å². The number of aliphatic imine (C=N–C) groups is 1. The van der Waals surface area contributed by atoms with Gasteiger partial charge < -0.3 is 10.6 Å². The molecule has 0 spiro atoms. The van der Waals surface area contributed by atoms with Gasteiger partial charge in [-0.2, -0.15) is 0 Å². The van der Waals surface area contributed by atoms with Gasteiger partial charge in [0.15, 0.2) is 5.96 Å². The molecule has 3 nitrogen and oxygen atoms in total. The van der Waals surface area contributed by atoms with Gasteiger partial charge in [0.05, 0.1) is 0 Å². The molecule has 0 heterocycles. The number of nitrogens with zero attached hydrogens (tertiary/aromatic N) is 1. The van der Waals surface area contributed by atoms with E-state index in [9.17, 15) is 0 Å². The predicted octanol–water partition coefficient (Wildman–Crippen LogP) is 2.42. The van der Waals surface area contributed by atoms with E-state index in [1.807, 2.05) is 0 Å². The van der Waals surface area contributed by atoms with Gasteiger partial charge in [-0.3, -0.25) is 4.99 Å². The highest BCUT2D eigenvalue weighted by molar-refractivity contribution is 14.0. The molecule has 1 rings (SSSR count). The molecule has 0 radical (unpaired) electrons. The molecule has 0 amide bonds. The summed E-state index contributed by atoms with van der Waals surface area (Å²) in [6.45, 7) is 3.92. The van der Waals surface area contributed by atoms with Gasteiger partial charge in [0.2, 0.25) is 0 Å². The standard InChI is InChI=1S/C13H21N3.HI/c1-3-15-13(14-2)16-11-7-10-12-8-5-4-6-9-12;/h4-6,8-9H,3,7,10-11H2,1-2H3,(H2,14,15,16);1H. The van der Waals surface area contributed by atoms with E-state index in [-0.39, 0.29) is 24.0 Å². The van der Waals surface area contributed by atoms with Crippen molar-refractivity contribution in [3.63, 3.8) is 0 Å². The molecule has 0 aliphatic carbocycles. The van der Waals surface area contributed by atoms with E-state index in [0.717, 1.165) is 31.9 Å². The van der Waals surface area contributed by atoms with Gasteiger partial charge in [-0.15, -0.1) is 24.0 Å². The number of guanidine groups is 1. The molecule has 0 saturated heterocycles. The SMILES string of the molecule is CCNC(=NC)NCCCc1ccccc1.I. The first-order chi connectivity index (χ1) is 7.86. The van der Waals surface area contributed by atoms with Gasteiger partial charge in [-0.05, 0) is 25.3 Å². The predicted molar refractivity (Wildman–Crippen MR) is 85.2 cm³/mol. The number of hydrogen-bond donors (Lipinski definition) is 2. The molecule has 0 fully saturated rings. The first-order valence-electron chi connectivity index (χ1n) is 5.85. The fourth-order valence-corrected chi connectivity index (χ4v) is 1.53. The smallest absolute Gasteiger partial charge is 0.190 e. The van der Waals surface area contributed by atoms with Gasteiger partial charge in [0.1, 0.15) is 0 Å². The molecular weight excluding hydrogens is 325 g/mol. The molecule has 1 aromatic rings. The van der Waals surface area contributed by atoms with Gasteiger partial charge >= 0.3 is 0 Å². The Morgan fingerprint density at radius 2 is 1.88 bits per heavy atom. The Morgan fingerprint density at radius 1 is 1.18 bits per heavy atom. The van der Waals surface area contributed by atoms with Crippen LogP contribution < -0.4 is 10.6 Å². The van der Waals surface area contributed by atoms with Crippen molar-refractivity contribution in [2.45, 2.75) is 19.8 Å². The molecule has 1 aromatic carbocycles. The topological polar surface area (TPSA) is 36.4 Å². The van der Waals surface area contributed by atoms with E-state index in [1.54, 1.807) is 7.05 Å². The first kappa shape index (κ1) is 16.2. The summed E-state index contributed by atoms with van der Waals surface area (Å²) in [6, 6.07) is 10.5. The van der Waals surface area contributed by atoms with Crippen molar-refractivity contribution in [3.8, 4) is 0 Å². The molecule has 2 N–H and O–H groups in total. The average molecular weight is 347 g/mol. The lowest BCUT2D eigenvalue weighted by molar-refractivity contribution is 0.748. The van der Waals surface area contributed by atoms with Crippen LogP contribution in [0.4, 0.5) is 0 Å². The van der Waals surface area contributed by atoms with Crippen LogP contribution in [0.15, 0.2) is 35.3 Å². The Labute approximate surface area is 121 Å². The summed E-state index contributed by atoms with van der Waals surface area (Å²) >= 11 is 0. The van der Waals surface area contributed by atoms with Crippen LogP contribution in [0.25, 0.3) is 0 Å². The number of hydrogen-bond acceptors (Lipinski definition) is 1. The summed E-state index contributed by atoms with van der Waals surface area (Å²) in [5.74, 6) is 0.885. The Morgan fingerprint density at radius 3 is 2.47 bits per heavy atom. The molecular formula is C13H22IN3. The summed E-state index contributed by atoms with van der Waals surface area (Å²) in [5.41, 5.74) is 1.39. The second-order valence-corrected chi connectivity index (χ2v) is 3.62. The van der Waals surface area contributed by atoms with Gasteiger partial charge in [-0.1, -0.05) is 30.3 Å². The number of aryl methyl sites for hydroxylation is 1. The minimum atomic E-state index is 0. The number of nitrogens with one attached hydrogen (secondary N) is 2. The lowest BCUT2D eigenvalue weighted by Crippen LogP contribution is -2.37. The molecule has 0 aliphatic rings. The largest absolute Gasteiger partial charge is 0.357 e. The molecule has 0 aliphatic heterocycles. The zero-order valence-corrected chi connectivity index (χ0v) is 12.9. The minimum Gasteiger partial charge on any atom is -0.357 e. The van der Waals surface area contributed by atoms with Crippen LogP contribution in [0, 0.1) is 0 Å². The lowest BCUT2D eigenvalue weighted by Gasteiger charge is -2.09. The fourth-order valence-electron chi connectivity index (χ4n) is 1.53. The molecule has 96 valence electrons. The summed E-state index contributed by atoms with van der Waals surface area (Å²) in [5, 5.41) is 6.45. The Kier molecular flexibility index (Phi) is 9.90. The van der Waals surface area contributed by atoms with Crippen LogP contribution in [0.3, 0.4) is 0 Å². The highest BCUT2D eigenvalue weighted by Crippen LogP contribution is 2.01. The first-order valence-corrected chi connectivity index (χ1v) is 5.85. The van der Waals surface area contributed by atoms with Crippen LogP contribution in [0.5, 0.6) is 0 Å². The van der Waals surface area contributed by atoms with Crippen molar-refractivity contribution >= 4 is 29.9 Å².